The Kier molecular flexibility index (Phi) is 5.88. The van der Waals surface area contributed by atoms with E-state index in [1.807, 2.05) is 26.0 Å². The van der Waals surface area contributed by atoms with Gasteiger partial charge in [0.1, 0.15) is 16.0 Å². The van der Waals surface area contributed by atoms with Crippen LogP contribution < -0.4 is 25.2 Å². The van der Waals surface area contributed by atoms with Crippen LogP contribution in [-0.4, -0.2) is 30.9 Å². The number of benzene rings is 2. The molecule has 2 aromatic heterocycles. The fraction of sp³-hybridized carbons (Fsp3) is 0.292. The number of nitrogens with zero attached hydrogens (tertiary/aromatic N) is 2. The number of rotatable bonds is 6. The third kappa shape index (κ3) is 3.40. The molecule has 1 atom stereocenters. The van der Waals surface area contributed by atoms with Crippen molar-refractivity contribution in [3.05, 3.63) is 57.0 Å². The molecule has 7 nitrogen and oxygen atoms in total. The molecule has 0 amide bonds. The van der Waals surface area contributed by atoms with Gasteiger partial charge in [-0.05, 0) is 37.6 Å². The lowest BCUT2D eigenvalue weighted by Crippen LogP contribution is -2.29. The lowest BCUT2D eigenvalue weighted by atomic mass is 10.1. The van der Waals surface area contributed by atoms with E-state index in [4.69, 9.17) is 19.2 Å². The van der Waals surface area contributed by atoms with Crippen LogP contribution in [0.5, 0.6) is 17.2 Å². The second-order valence-corrected chi connectivity index (χ2v) is 8.42. The summed E-state index contributed by atoms with van der Waals surface area (Å²) in [6.45, 7) is 3.92. The Morgan fingerprint density at radius 1 is 1.03 bits per heavy atom. The van der Waals surface area contributed by atoms with Gasteiger partial charge in [-0.3, -0.25) is 14.2 Å². The van der Waals surface area contributed by atoms with Gasteiger partial charge in [-0.2, -0.15) is 0 Å². The van der Waals surface area contributed by atoms with Gasteiger partial charge in [-0.1, -0.05) is 19.1 Å². The Morgan fingerprint density at radius 3 is 2.28 bits per heavy atom. The number of hydrogen-bond donors (Lipinski definition) is 0. The maximum Gasteiger partial charge on any atom is 0.266 e. The smallest absolute Gasteiger partial charge is 0.266 e. The highest BCUT2D eigenvalue weighted by Crippen LogP contribution is 2.41. The van der Waals surface area contributed by atoms with Crippen LogP contribution in [0.3, 0.4) is 0 Å². The Morgan fingerprint density at radius 2 is 1.69 bits per heavy atom. The van der Waals surface area contributed by atoms with Gasteiger partial charge in [0.2, 0.25) is 11.2 Å². The minimum absolute atomic E-state index is 0.116. The zero-order chi connectivity index (χ0) is 23.0. The maximum atomic E-state index is 13.7. The molecule has 2 aromatic carbocycles. The average Bonchev–Trinajstić information content (AvgIpc) is 2.82. The molecular formula is C24H24N2O5S. The van der Waals surface area contributed by atoms with Crippen molar-refractivity contribution in [2.75, 3.05) is 21.3 Å². The molecule has 0 saturated carbocycles. The van der Waals surface area contributed by atoms with Crippen molar-refractivity contribution in [3.8, 4) is 28.6 Å². The summed E-state index contributed by atoms with van der Waals surface area (Å²) in [6, 6.07) is 10.6. The molecule has 32 heavy (non-hydrogen) atoms. The van der Waals surface area contributed by atoms with Crippen LogP contribution in [0.15, 0.2) is 46.0 Å². The molecule has 0 saturated heterocycles. The molecule has 0 radical (unpaired) electrons. The van der Waals surface area contributed by atoms with Crippen LogP contribution >= 0.6 is 11.3 Å². The topological polar surface area (TPSA) is 79.7 Å². The van der Waals surface area contributed by atoms with Crippen molar-refractivity contribution in [2.24, 2.45) is 0 Å². The van der Waals surface area contributed by atoms with Crippen LogP contribution in [0.1, 0.15) is 26.3 Å². The second kappa shape index (κ2) is 8.63. The standard InChI is InChI=1S/C24H24N2O5S/c1-6-13(2)26-22(14-11-16(29-3)21(31-5)17(12-14)30-4)25-23-19(24(26)28)20(27)15-9-7-8-10-18(15)32-23/h7-13H,6H2,1-5H3. The molecule has 0 spiro atoms. The van der Waals surface area contributed by atoms with E-state index in [1.165, 1.54) is 32.7 Å². The van der Waals surface area contributed by atoms with E-state index in [9.17, 15) is 9.59 Å². The van der Waals surface area contributed by atoms with Crippen LogP contribution in [0.4, 0.5) is 0 Å². The molecule has 0 aliphatic heterocycles. The third-order valence-corrected chi connectivity index (χ3v) is 6.67. The van der Waals surface area contributed by atoms with Gasteiger partial charge in [-0.25, -0.2) is 4.98 Å². The highest BCUT2D eigenvalue weighted by molar-refractivity contribution is 7.24. The lowest BCUT2D eigenvalue weighted by molar-refractivity contribution is 0.324. The first kappa shape index (κ1) is 21.8. The van der Waals surface area contributed by atoms with Crippen molar-refractivity contribution in [1.29, 1.82) is 0 Å². The van der Waals surface area contributed by atoms with Crippen molar-refractivity contribution >= 4 is 31.6 Å². The van der Waals surface area contributed by atoms with Gasteiger partial charge < -0.3 is 14.2 Å². The van der Waals surface area contributed by atoms with Crippen LogP contribution in [0.2, 0.25) is 0 Å². The normalized spacial score (nSPS) is 12.2. The highest BCUT2D eigenvalue weighted by Gasteiger charge is 2.22. The number of aromatic nitrogens is 2. The van der Waals surface area contributed by atoms with E-state index >= 15 is 0 Å². The monoisotopic (exact) mass is 452 g/mol. The van der Waals surface area contributed by atoms with Gasteiger partial charge in [0.25, 0.3) is 5.56 Å². The molecule has 0 N–H and O–H groups in total. The van der Waals surface area contributed by atoms with E-state index in [0.717, 1.165) is 4.70 Å². The number of ether oxygens (including phenoxy) is 3. The Hall–Kier alpha value is -3.39. The fourth-order valence-electron chi connectivity index (χ4n) is 3.77. The summed E-state index contributed by atoms with van der Waals surface area (Å²) in [7, 11) is 4.61. The van der Waals surface area contributed by atoms with Crippen LogP contribution in [0, 0.1) is 0 Å². The average molecular weight is 453 g/mol. The third-order valence-electron chi connectivity index (χ3n) is 5.60. The van der Waals surface area contributed by atoms with E-state index in [1.54, 1.807) is 28.8 Å². The molecule has 1 unspecified atom stereocenters. The molecule has 0 bridgehead atoms. The maximum absolute atomic E-state index is 13.7. The molecule has 8 heteroatoms. The summed E-state index contributed by atoms with van der Waals surface area (Å²) in [4.78, 5) is 32.1. The molecule has 2 heterocycles. The highest BCUT2D eigenvalue weighted by atomic mass is 32.1. The summed E-state index contributed by atoms with van der Waals surface area (Å²) in [5.74, 6) is 1.81. The van der Waals surface area contributed by atoms with Crippen molar-refractivity contribution in [1.82, 2.24) is 9.55 Å². The first-order chi connectivity index (χ1) is 15.4. The molecule has 0 fully saturated rings. The quantitative estimate of drug-likeness (QED) is 0.397. The number of hydrogen-bond acceptors (Lipinski definition) is 7. The van der Waals surface area contributed by atoms with Gasteiger partial charge in [0.05, 0.1) is 21.3 Å². The lowest BCUT2D eigenvalue weighted by Gasteiger charge is -2.20. The van der Waals surface area contributed by atoms with Crippen LogP contribution in [0.25, 0.3) is 31.7 Å². The Bertz CT molecular complexity index is 1420. The summed E-state index contributed by atoms with van der Waals surface area (Å²) < 4.78 is 18.8. The summed E-state index contributed by atoms with van der Waals surface area (Å²) in [5.41, 5.74) is -0.00735. The zero-order valence-corrected chi connectivity index (χ0v) is 19.4. The second-order valence-electron chi connectivity index (χ2n) is 7.39. The van der Waals surface area contributed by atoms with E-state index in [2.05, 4.69) is 0 Å². The first-order valence-corrected chi connectivity index (χ1v) is 11.0. The SMILES string of the molecule is CCC(C)n1c(-c2cc(OC)c(OC)c(OC)c2)nc2sc3ccccc3c(=O)c2c1=O. The predicted octanol–water partition coefficient (Wildman–Crippen LogP) is 4.64. The summed E-state index contributed by atoms with van der Waals surface area (Å²) in [6.07, 6.45) is 0.690. The van der Waals surface area contributed by atoms with Gasteiger partial charge in [-0.15, -0.1) is 11.3 Å². The Balaban J connectivity index is 2.15. The first-order valence-electron chi connectivity index (χ1n) is 10.2. The van der Waals surface area contributed by atoms with Crippen LogP contribution in [-0.2, 0) is 0 Å². The molecular weight excluding hydrogens is 428 g/mol. The summed E-state index contributed by atoms with van der Waals surface area (Å²) >= 11 is 1.33. The van der Waals surface area contributed by atoms with E-state index in [0.29, 0.717) is 45.3 Å². The largest absolute Gasteiger partial charge is 0.493 e. The van der Waals surface area contributed by atoms with Crippen molar-refractivity contribution in [2.45, 2.75) is 26.3 Å². The zero-order valence-electron chi connectivity index (χ0n) is 18.6. The van der Waals surface area contributed by atoms with Gasteiger partial charge >= 0.3 is 0 Å². The fourth-order valence-corrected chi connectivity index (χ4v) is 4.81. The minimum Gasteiger partial charge on any atom is -0.493 e. The molecule has 0 aliphatic rings. The molecule has 166 valence electrons. The van der Waals surface area contributed by atoms with Crippen molar-refractivity contribution < 1.29 is 14.2 Å². The van der Waals surface area contributed by atoms with Gasteiger partial charge in [0, 0.05) is 21.7 Å². The molecule has 4 aromatic rings. The van der Waals surface area contributed by atoms with Crippen molar-refractivity contribution in [3.63, 3.8) is 0 Å². The van der Waals surface area contributed by atoms with E-state index in [-0.39, 0.29) is 22.4 Å². The number of methoxy groups -OCH3 is 3. The summed E-state index contributed by atoms with van der Waals surface area (Å²) in [5, 5.41) is 0.644. The van der Waals surface area contributed by atoms with E-state index < -0.39 is 0 Å². The molecule has 0 aliphatic carbocycles. The van der Waals surface area contributed by atoms with Gasteiger partial charge in [0.15, 0.2) is 11.5 Å². The number of fused-ring (bicyclic) bond motifs is 2. The minimum atomic E-state index is -0.347. The Labute approximate surface area is 188 Å². The molecule has 4 rings (SSSR count). The predicted molar refractivity (Wildman–Crippen MR) is 128 cm³/mol.